The summed E-state index contributed by atoms with van der Waals surface area (Å²) in [5, 5.41) is 8.85. The zero-order valence-electron chi connectivity index (χ0n) is 13.5. The molecule has 2 aromatic rings. The molecule has 0 radical (unpaired) electrons. The van der Waals surface area contributed by atoms with E-state index in [1.807, 2.05) is 0 Å². The topological polar surface area (TPSA) is 138 Å². The maximum atomic E-state index is 12.5. The van der Waals surface area contributed by atoms with E-state index in [0.29, 0.717) is 11.4 Å². The van der Waals surface area contributed by atoms with E-state index in [1.165, 1.54) is 12.1 Å². The number of hydrogen-bond acceptors (Lipinski definition) is 8. The van der Waals surface area contributed by atoms with Crippen molar-refractivity contribution in [3.63, 3.8) is 0 Å². The first-order valence-corrected chi connectivity index (χ1v) is 8.84. The highest BCUT2D eigenvalue weighted by Gasteiger charge is 2.35. The van der Waals surface area contributed by atoms with Gasteiger partial charge in [-0.25, -0.2) is 0 Å². The van der Waals surface area contributed by atoms with E-state index >= 15 is 0 Å². The first kappa shape index (κ1) is 18.2. The smallest absolute Gasteiger partial charge is 0.304 e. The largest absolute Gasteiger partial charge is 0.405 e. The number of anilines is 2. The number of carbonyl (C=O) groups is 2. The molecule has 0 spiro atoms. The highest BCUT2D eigenvalue weighted by Crippen LogP contribution is 2.20. The van der Waals surface area contributed by atoms with Crippen molar-refractivity contribution in [1.82, 2.24) is 0 Å². The van der Waals surface area contributed by atoms with E-state index in [1.54, 1.807) is 30.3 Å². The lowest BCUT2D eigenvalue weighted by Gasteiger charge is -2.09. The van der Waals surface area contributed by atoms with Crippen LogP contribution in [0.15, 0.2) is 69.7 Å². The van der Waals surface area contributed by atoms with E-state index in [-0.39, 0.29) is 23.0 Å². The van der Waals surface area contributed by atoms with Crippen LogP contribution in [0.1, 0.15) is 0 Å². The van der Waals surface area contributed by atoms with E-state index in [0.717, 1.165) is 17.1 Å². The Kier molecular flexibility index (Phi) is 4.96. The van der Waals surface area contributed by atoms with Gasteiger partial charge in [0, 0.05) is 0 Å². The number of rotatable bonds is 5. The molecule has 0 bridgehead atoms. The van der Waals surface area contributed by atoms with Gasteiger partial charge in [-0.05, 0) is 36.4 Å². The average Bonchev–Trinajstić information content (AvgIpc) is 2.96. The van der Waals surface area contributed by atoms with Gasteiger partial charge in [0.15, 0.2) is 0 Å². The molecule has 0 unspecified atom stereocenters. The number of carbonyl (C=O) groups excluding carboxylic acids is 2. The van der Waals surface area contributed by atoms with Crippen molar-refractivity contribution >= 4 is 45.5 Å². The highest BCUT2D eigenvalue weighted by atomic mass is 32.2. The predicted octanol–water partition coefficient (Wildman–Crippen LogP) is 1.23. The molecule has 0 aliphatic carbocycles. The molecule has 1 heterocycles. The third-order valence-electron chi connectivity index (χ3n) is 3.40. The summed E-state index contributed by atoms with van der Waals surface area (Å²) in [5.74, 6) is -0.916. The normalized spacial score (nSPS) is 15.6. The minimum Gasteiger partial charge on any atom is -0.405 e. The minimum absolute atomic E-state index is 0.122. The second-order valence-electron chi connectivity index (χ2n) is 5.14. The third-order valence-corrected chi connectivity index (χ3v) is 4.27. The molecule has 1 aliphatic rings. The van der Waals surface area contributed by atoms with Crippen LogP contribution in [0, 0.1) is 0 Å². The van der Waals surface area contributed by atoms with Gasteiger partial charge in [-0.2, -0.15) is 18.5 Å². The van der Waals surface area contributed by atoms with Gasteiger partial charge in [0.25, 0.3) is 22.5 Å². The lowest BCUT2D eigenvalue weighted by atomic mass is 10.3. The summed E-state index contributed by atoms with van der Waals surface area (Å²) in [6.45, 7) is 0.122. The van der Waals surface area contributed by atoms with Crippen molar-refractivity contribution in [2.45, 2.75) is 4.90 Å². The Labute approximate surface area is 153 Å². The average molecular weight is 388 g/mol. The van der Waals surface area contributed by atoms with Gasteiger partial charge >= 0.3 is 5.91 Å². The molecule has 138 valence electrons. The molecule has 27 heavy (non-hydrogen) atoms. The molecule has 1 aliphatic heterocycles. The van der Waals surface area contributed by atoms with E-state index < -0.39 is 16.0 Å². The second kappa shape index (κ2) is 7.35. The van der Waals surface area contributed by atoms with Gasteiger partial charge < -0.3 is 4.74 Å². The van der Waals surface area contributed by atoms with Crippen molar-refractivity contribution in [2.24, 2.45) is 10.2 Å². The summed E-state index contributed by atoms with van der Waals surface area (Å²) >= 11 is 0. The monoisotopic (exact) mass is 388 g/mol. The van der Waals surface area contributed by atoms with Crippen molar-refractivity contribution < 1.29 is 27.3 Å². The number of para-hydroxylation sites is 1. The van der Waals surface area contributed by atoms with E-state index in [2.05, 4.69) is 15.6 Å². The Hall–Kier alpha value is -3.57. The van der Waals surface area contributed by atoms with Crippen LogP contribution >= 0.6 is 0 Å². The molecule has 2 N–H and O–H groups in total. The SMILES string of the molecule is O=COC1=NN(c2ccccc2)C(=O)/C1=N\Nc1ccc(S(=O)(=O)O)cc1. The zero-order valence-corrected chi connectivity index (χ0v) is 14.3. The van der Waals surface area contributed by atoms with Crippen LogP contribution in [-0.2, 0) is 24.4 Å². The lowest BCUT2D eigenvalue weighted by molar-refractivity contribution is -0.121. The molecule has 2 aromatic carbocycles. The molecular formula is C16H12N4O6S. The Bertz CT molecular complexity index is 1030. The van der Waals surface area contributed by atoms with Gasteiger partial charge in [0.1, 0.15) is 0 Å². The number of nitrogens with one attached hydrogen (secondary N) is 1. The van der Waals surface area contributed by atoms with Gasteiger partial charge in [0.2, 0.25) is 5.71 Å². The van der Waals surface area contributed by atoms with Crippen LogP contribution in [0.5, 0.6) is 0 Å². The molecule has 11 heteroatoms. The molecule has 0 saturated heterocycles. The molecule has 0 atom stereocenters. The van der Waals surface area contributed by atoms with Crippen LogP contribution in [0.4, 0.5) is 11.4 Å². The van der Waals surface area contributed by atoms with Crippen LogP contribution in [0.2, 0.25) is 0 Å². The standard InChI is InChI=1S/C16H12N4O6S/c21-10-26-15-14(16(22)20(19-15)12-4-2-1-3-5-12)18-17-11-6-8-13(9-7-11)27(23,24)25/h1-10,17H,(H,23,24,25)/b18-14-. The van der Waals surface area contributed by atoms with Gasteiger partial charge in [-0.3, -0.25) is 19.6 Å². The van der Waals surface area contributed by atoms with E-state index in [9.17, 15) is 18.0 Å². The Morgan fingerprint density at radius 1 is 1.11 bits per heavy atom. The Morgan fingerprint density at radius 2 is 1.78 bits per heavy atom. The molecule has 1 amide bonds. The zero-order chi connectivity index (χ0) is 19.4. The fourth-order valence-corrected chi connectivity index (χ4v) is 2.64. The van der Waals surface area contributed by atoms with Crippen molar-refractivity contribution in [1.29, 1.82) is 0 Å². The third kappa shape index (κ3) is 3.99. The Morgan fingerprint density at radius 3 is 2.37 bits per heavy atom. The maximum absolute atomic E-state index is 12.5. The Balaban J connectivity index is 1.85. The molecule has 0 saturated carbocycles. The van der Waals surface area contributed by atoms with Crippen LogP contribution in [0.3, 0.4) is 0 Å². The summed E-state index contributed by atoms with van der Waals surface area (Å²) in [4.78, 5) is 22.9. The fourth-order valence-electron chi connectivity index (χ4n) is 2.16. The summed E-state index contributed by atoms with van der Waals surface area (Å²) in [6, 6.07) is 13.4. The van der Waals surface area contributed by atoms with E-state index in [4.69, 9.17) is 9.29 Å². The number of ether oxygens (including phenoxy) is 1. The minimum atomic E-state index is -4.32. The second-order valence-corrected chi connectivity index (χ2v) is 6.56. The summed E-state index contributed by atoms with van der Waals surface area (Å²) < 4.78 is 35.7. The summed E-state index contributed by atoms with van der Waals surface area (Å²) in [5.41, 5.74) is 3.08. The van der Waals surface area contributed by atoms with Crippen LogP contribution in [-0.4, -0.2) is 37.0 Å². The summed E-state index contributed by atoms with van der Waals surface area (Å²) in [7, 11) is -4.32. The highest BCUT2D eigenvalue weighted by molar-refractivity contribution is 7.85. The number of amides is 1. The molecule has 10 nitrogen and oxygen atoms in total. The number of nitrogens with zero attached hydrogens (tertiary/aromatic N) is 3. The van der Waals surface area contributed by atoms with Gasteiger partial charge in [-0.1, -0.05) is 18.2 Å². The first-order chi connectivity index (χ1) is 12.9. The summed E-state index contributed by atoms with van der Waals surface area (Å²) in [6.07, 6.45) is 0. The lowest BCUT2D eigenvalue weighted by Crippen LogP contribution is -2.29. The number of hydrazone groups is 2. The van der Waals surface area contributed by atoms with Crippen LogP contribution < -0.4 is 10.4 Å². The van der Waals surface area contributed by atoms with Crippen molar-refractivity contribution in [2.75, 3.05) is 10.4 Å². The number of hydrogen-bond donors (Lipinski definition) is 2. The van der Waals surface area contributed by atoms with Gasteiger partial charge in [0.05, 0.1) is 16.3 Å². The van der Waals surface area contributed by atoms with Gasteiger partial charge in [-0.15, -0.1) is 5.10 Å². The quantitative estimate of drug-likeness (QED) is 0.446. The van der Waals surface area contributed by atoms with Crippen molar-refractivity contribution in [3.05, 3.63) is 54.6 Å². The molecule has 0 fully saturated rings. The molecular weight excluding hydrogens is 376 g/mol. The maximum Gasteiger partial charge on any atom is 0.304 e. The molecule has 3 rings (SSSR count). The number of benzene rings is 2. The molecule has 0 aromatic heterocycles. The fraction of sp³-hybridized carbons (Fsp3) is 0. The van der Waals surface area contributed by atoms with Crippen molar-refractivity contribution in [3.8, 4) is 0 Å². The first-order valence-electron chi connectivity index (χ1n) is 7.40. The van der Waals surface area contributed by atoms with Crippen LogP contribution in [0.25, 0.3) is 0 Å². The predicted molar refractivity (Wildman–Crippen MR) is 95.8 cm³/mol.